The van der Waals surface area contributed by atoms with Crippen LogP contribution in [0.25, 0.3) is 0 Å². The number of nitrogens with zero attached hydrogens (tertiary/aromatic N) is 3. The van der Waals surface area contributed by atoms with Crippen molar-refractivity contribution in [2.45, 2.75) is 59.2 Å². The van der Waals surface area contributed by atoms with E-state index in [4.69, 9.17) is 9.26 Å². The molecule has 2 rings (SSSR count). The summed E-state index contributed by atoms with van der Waals surface area (Å²) in [4.78, 5) is 6.69. The maximum atomic E-state index is 9.60. The molecule has 3 atom stereocenters. The van der Waals surface area contributed by atoms with E-state index < -0.39 is 0 Å². The molecule has 22 heavy (non-hydrogen) atoms. The highest BCUT2D eigenvalue weighted by Gasteiger charge is 2.29. The standard InChI is InChI=1S/C16H29N3O3/c1-11(2)10-21-13(4)16-17-15(22-18-16)8-19-7-5-6-12(3)14(19)9-20/h11-14,20H,5-10H2,1-4H3. The van der Waals surface area contributed by atoms with Crippen molar-refractivity contribution in [1.82, 2.24) is 15.0 Å². The minimum Gasteiger partial charge on any atom is -0.395 e. The Labute approximate surface area is 132 Å². The Bertz CT molecular complexity index is 450. The van der Waals surface area contributed by atoms with Crippen LogP contribution in [0, 0.1) is 11.8 Å². The number of hydrogen-bond acceptors (Lipinski definition) is 6. The van der Waals surface area contributed by atoms with Gasteiger partial charge in [-0.1, -0.05) is 25.9 Å². The molecule has 1 aromatic rings. The van der Waals surface area contributed by atoms with Crippen LogP contribution in [0.5, 0.6) is 0 Å². The normalized spacial score (nSPS) is 24.8. The lowest BCUT2D eigenvalue weighted by atomic mass is 9.91. The van der Waals surface area contributed by atoms with Gasteiger partial charge in [0.25, 0.3) is 0 Å². The van der Waals surface area contributed by atoms with E-state index in [9.17, 15) is 5.11 Å². The van der Waals surface area contributed by atoms with Crippen LogP contribution in [0.1, 0.15) is 58.4 Å². The highest BCUT2D eigenvalue weighted by atomic mass is 16.5. The second-order valence-corrected chi connectivity index (χ2v) is 6.76. The topological polar surface area (TPSA) is 71.6 Å². The molecule has 0 amide bonds. The molecule has 0 aliphatic carbocycles. The molecule has 1 aliphatic rings. The fourth-order valence-corrected chi connectivity index (χ4v) is 2.91. The van der Waals surface area contributed by atoms with Crippen molar-refractivity contribution >= 4 is 0 Å². The average Bonchev–Trinajstić information content (AvgIpc) is 2.93. The van der Waals surface area contributed by atoms with E-state index in [1.807, 2.05) is 6.92 Å². The van der Waals surface area contributed by atoms with E-state index in [2.05, 4.69) is 35.8 Å². The molecule has 2 heterocycles. The zero-order chi connectivity index (χ0) is 16.1. The van der Waals surface area contributed by atoms with Crippen molar-refractivity contribution in [2.24, 2.45) is 11.8 Å². The highest BCUT2D eigenvalue weighted by Crippen LogP contribution is 2.24. The van der Waals surface area contributed by atoms with Gasteiger partial charge in [0, 0.05) is 12.6 Å². The van der Waals surface area contributed by atoms with Crippen molar-refractivity contribution in [3.05, 3.63) is 11.7 Å². The third-order valence-corrected chi connectivity index (χ3v) is 4.28. The third kappa shape index (κ3) is 4.51. The van der Waals surface area contributed by atoms with Crippen molar-refractivity contribution in [2.75, 3.05) is 19.8 Å². The zero-order valence-corrected chi connectivity index (χ0v) is 14.2. The molecule has 1 aliphatic heterocycles. The smallest absolute Gasteiger partial charge is 0.240 e. The van der Waals surface area contributed by atoms with Crippen LogP contribution in [0.15, 0.2) is 4.52 Å². The number of aliphatic hydroxyl groups excluding tert-OH is 1. The van der Waals surface area contributed by atoms with Crippen LogP contribution < -0.4 is 0 Å². The van der Waals surface area contributed by atoms with Gasteiger partial charge in [-0.05, 0) is 38.1 Å². The van der Waals surface area contributed by atoms with Gasteiger partial charge < -0.3 is 14.4 Å². The Balaban J connectivity index is 1.93. The van der Waals surface area contributed by atoms with Crippen molar-refractivity contribution in [3.8, 4) is 0 Å². The Morgan fingerprint density at radius 2 is 2.18 bits per heavy atom. The first-order valence-electron chi connectivity index (χ1n) is 8.30. The molecular weight excluding hydrogens is 282 g/mol. The maximum absolute atomic E-state index is 9.60. The highest BCUT2D eigenvalue weighted by molar-refractivity contribution is 4.92. The molecule has 0 saturated carbocycles. The molecule has 1 aromatic heterocycles. The number of hydrogen-bond donors (Lipinski definition) is 1. The van der Waals surface area contributed by atoms with Gasteiger partial charge in [-0.3, -0.25) is 4.90 Å². The monoisotopic (exact) mass is 311 g/mol. The molecule has 0 radical (unpaired) electrons. The number of rotatable bonds is 7. The van der Waals surface area contributed by atoms with Crippen LogP contribution >= 0.6 is 0 Å². The summed E-state index contributed by atoms with van der Waals surface area (Å²) in [5.74, 6) is 2.17. The van der Waals surface area contributed by atoms with Gasteiger partial charge in [-0.2, -0.15) is 4.98 Å². The van der Waals surface area contributed by atoms with Crippen LogP contribution in [0.2, 0.25) is 0 Å². The van der Waals surface area contributed by atoms with Gasteiger partial charge >= 0.3 is 0 Å². The van der Waals surface area contributed by atoms with E-state index >= 15 is 0 Å². The molecule has 0 aromatic carbocycles. The minimum absolute atomic E-state index is 0.159. The van der Waals surface area contributed by atoms with E-state index in [-0.39, 0.29) is 18.8 Å². The Morgan fingerprint density at radius 1 is 1.41 bits per heavy atom. The van der Waals surface area contributed by atoms with Crippen molar-refractivity contribution in [1.29, 1.82) is 0 Å². The van der Waals surface area contributed by atoms with Crippen LogP contribution in [0.4, 0.5) is 0 Å². The molecule has 3 unspecified atom stereocenters. The number of ether oxygens (including phenoxy) is 1. The molecule has 1 fully saturated rings. The summed E-state index contributed by atoms with van der Waals surface area (Å²) >= 11 is 0. The summed E-state index contributed by atoms with van der Waals surface area (Å²) in [7, 11) is 0. The first-order valence-corrected chi connectivity index (χ1v) is 8.30. The summed E-state index contributed by atoms with van der Waals surface area (Å²) in [6, 6.07) is 0.179. The largest absolute Gasteiger partial charge is 0.395 e. The number of likely N-dealkylation sites (tertiary alicyclic amines) is 1. The van der Waals surface area contributed by atoms with Gasteiger partial charge in [0.2, 0.25) is 5.89 Å². The lowest BCUT2D eigenvalue weighted by Gasteiger charge is -2.38. The van der Waals surface area contributed by atoms with E-state index in [1.54, 1.807) is 0 Å². The molecule has 6 heteroatoms. The van der Waals surface area contributed by atoms with Crippen LogP contribution in [-0.4, -0.2) is 45.9 Å². The molecule has 1 N–H and O–H groups in total. The number of aromatic nitrogens is 2. The molecular formula is C16H29N3O3. The summed E-state index contributed by atoms with van der Waals surface area (Å²) < 4.78 is 11.1. The fourth-order valence-electron chi connectivity index (χ4n) is 2.91. The summed E-state index contributed by atoms with van der Waals surface area (Å²) in [5, 5.41) is 13.6. The maximum Gasteiger partial charge on any atom is 0.240 e. The molecule has 0 bridgehead atoms. The average molecular weight is 311 g/mol. The number of aliphatic hydroxyl groups is 1. The van der Waals surface area contributed by atoms with Crippen LogP contribution in [0.3, 0.4) is 0 Å². The molecule has 6 nitrogen and oxygen atoms in total. The van der Waals surface area contributed by atoms with Gasteiger partial charge in [0.1, 0.15) is 6.10 Å². The second kappa shape index (κ2) is 8.04. The predicted octanol–water partition coefficient (Wildman–Crippen LogP) is 2.40. The van der Waals surface area contributed by atoms with Crippen LogP contribution in [-0.2, 0) is 11.3 Å². The minimum atomic E-state index is -0.159. The zero-order valence-electron chi connectivity index (χ0n) is 14.2. The molecule has 1 saturated heterocycles. The quantitative estimate of drug-likeness (QED) is 0.833. The summed E-state index contributed by atoms with van der Waals surface area (Å²) in [6.45, 7) is 10.8. The van der Waals surface area contributed by atoms with Gasteiger partial charge in [0.05, 0.1) is 13.2 Å². The summed E-state index contributed by atoms with van der Waals surface area (Å²) in [6.07, 6.45) is 2.15. The lowest BCUT2D eigenvalue weighted by Crippen LogP contribution is -2.46. The number of piperidine rings is 1. The van der Waals surface area contributed by atoms with Crippen molar-refractivity contribution in [3.63, 3.8) is 0 Å². The Kier molecular flexibility index (Phi) is 6.35. The lowest BCUT2D eigenvalue weighted by molar-refractivity contribution is 0.0396. The fraction of sp³-hybridized carbons (Fsp3) is 0.875. The SMILES string of the molecule is CC(C)COC(C)c1noc(CN2CCCC(C)C2CO)n1. The predicted molar refractivity (Wildman–Crippen MR) is 83.2 cm³/mol. The third-order valence-electron chi connectivity index (χ3n) is 4.28. The molecule has 126 valence electrons. The Morgan fingerprint density at radius 3 is 2.86 bits per heavy atom. The van der Waals surface area contributed by atoms with Gasteiger partial charge in [0.15, 0.2) is 5.82 Å². The van der Waals surface area contributed by atoms with Gasteiger partial charge in [-0.25, -0.2) is 0 Å². The van der Waals surface area contributed by atoms with E-state index in [0.717, 1.165) is 19.4 Å². The molecule has 0 spiro atoms. The van der Waals surface area contributed by atoms with E-state index in [1.165, 1.54) is 0 Å². The van der Waals surface area contributed by atoms with Gasteiger partial charge in [-0.15, -0.1) is 0 Å². The van der Waals surface area contributed by atoms with Crippen molar-refractivity contribution < 1.29 is 14.4 Å². The second-order valence-electron chi connectivity index (χ2n) is 6.76. The first-order chi connectivity index (χ1) is 10.5. The van der Waals surface area contributed by atoms with E-state index in [0.29, 0.717) is 36.7 Å². The Hall–Kier alpha value is -0.980. The summed E-state index contributed by atoms with van der Waals surface area (Å²) in [5.41, 5.74) is 0. The first kappa shape index (κ1) is 17.4.